The van der Waals surface area contributed by atoms with Crippen LogP contribution in [0.5, 0.6) is 0 Å². The molecule has 6 aromatic carbocycles. The molecule has 0 saturated heterocycles. The first-order valence-corrected chi connectivity index (χ1v) is 31.3. The number of hydrogen-bond donors (Lipinski definition) is 2. The smallest absolute Gasteiger partial charge is 0.251 e. The number of halogens is 8. The third-order valence-electron chi connectivity index (χ3n) is 10.8. The first-order valence-electron chi connectivity index (χ1n) is 22.4. The van der Waals surface area contributed by atoms with Crippen LogP contribution in [0, 0.1) is 0 Å². The molecule has 0 spiro atoms. The van der Waals surface area contributed by atoms with E-state index in [0.29, 0.717) is 41.7 Å². The van der Waals surface area contributed by atoms with E-state index in [2.05, 4.69) is 176 Å². The second-order valence-electron chi connectivity index (χ2n) is 17.4. The average Bonchev–Trinajstić information content (AvgIpc) is 3.78. The molecule has 1 heterocycles. The monoisotopic (exact) mass is 1180 g/mol. The summed E-state index contributed by atoms with van der Waals surface area (Å²) >= 11 is 37.7. The fourth-order valence-electron chi connectivity index (χ4n) is 7.56. The molecule has 0 saturated carbocycles. The summed E-state index contributed by atoms with van der Waals surface area (Å²) in [6.07, 6.45) is 0. The van der Waals surface area contributed by atoms with Gasteiger partial charge >= 0.3 is 59.6 Å². The number of carbonyl (C=O) groups excluding carboxylic acids is 1. The second kappa shape index (κ2) is 26.6. The molecule has 5 nitrogen and oxygen atoms in total. The van der Waals surface area contributed by atoms with Gasteiger partial charge in [-0.05, 0) is 111 Å². The van der Waals surface area contributed by atoms with Crippen molar-refractivity contribution in [1.82, 2.24) is 5.32 Å². The van der Waals surface area contributed by atoms with Crippen molar-refractivity contribution in [3.8, 4) is 22.3 Å². The van der Waals surface area contributed by atoms with E-state index in [4.69, 9.17) is 78.5 Å². The molecule has 6 aromatic rings. The molecular formula is C54H61Br2Cl6N4OP. The number of nitrogens with zero attached hydrogens (tertiary/aromatic N) is 2. The van der Waals surface area contributed by atoms with Crippen LogP contribution in [0.15, 0.2) is 147 Å². The number of aliphatic imine (C=N–C) groups is 1. The number of amides is 1. The molecule has 1 aliphatic heterocycles. The minimum Gasteiger partial charge on any atom is -0.351 e. The van der Waals surface area contributed by atoms with Gasteiger partial charge in [0.2, 0.25) is 0 Å². The van der Waals surface area contributed by atoms with Gasteiger partial charge in [0.05, 0.1) is 6.54 Å². The van der Waals surface area contributed by atoms with E-state index in [1.54, 1.807) is 6.07 Å². The van der Waals surface area contributed by atoms with Gasteiger partial charge in [0.1, 0.15) is 5.84 Å². The number of alkyl halides is 1. The zero-order valence-electron chi connectivity index (χ0n) is 39.7. The topological polar surface area (TPSA) is 70.7 Å². The molecule has 0 unspecified atom stereocenters. The normalized spacial score (nSPS) is 12.9. The third kappa shape index (κ3) is 18.4. The first kappa shape index (κ1) is 57.8. The fraction of sp³-hybridized carbons (Fsp3) is 0.296. The van der Waals surface area contributed by atoms with E-state index in [-0.39, 0.29) is 5.91 Å². The van der Waals surface area contributed by atoms with Crippen LogP contribution >= 0.6 is 103 Å². The number of hydrogen-bond acceptors (Lipinski definition) is 4. The van der Waals surface area contributed by atoms with E-state index in [1.807, 2.05) is 48.5 Å². The Bertz CT molecular complexity index is 2550. The quantitative estimate of drug-likeness (QED) is 0.0771. The molecule has 1 amide bonds. The van der Waals surface area contributed by atoms with Crippen molar-refractivity contribution >= 4 is 126 Å². The van der Waals surface area contributed by atoms with Gasteiger partial charge < -0.3 is 16.0 Å². The van der Waals surface area contributed by atoms with Crippen LogP contribution < -0.4 is 16.0 Å². The third-order valence-corrected chi connectivity index (χ3v) is 11.9. The van der Waals surface area contributed by atoms with Gasteiger partial charge in [-0.3, -0.25) is 9.79 Å². The Morgan fingerprint density at radius 1 is 0.603 bits per heavy atom. The molecule has 0 fully saturated rings. The molecule has 3 N–H and O–H groups in total. The van der Waals surface area contributed by atoms with Crippen molar-refractivity contribution in [2.45, 2.75) is 79.1 Å². The number of anilines is 2. The summed E-state index contributed by atoms with van der Waals surface area (Å²) in [4.78, 5) is 19.2. The molecule has 0 aromatic heterocycles. The van der Waals surface area contributed by atoms with Crippen LogP contribution in [0.4, 0.5) is 11.4 Å². The maximum absolute atomic E-state index is 11.8. The van der Waals surface area contributed by atoms with Crippen LogP contribution in [0.1, 0.15) is 117 Å². The van der Waals surface area contributed by atoms with Gasteiger partial charge in [-0.2, -0.15) is 0 Å². The van der Waals surface area contributed by atoms with Gasteiger partial charge in [0.15, 0.2) is 0 Å². The zero-order valence-corrected chi connectivity index (χ0v) is 48.3. The largest absolute Gasteiger partial charge is 0.351 e. The van der Waals surface area contributed by atoms with Crippen molar-refractivity contribution in [2.75, 3.05) is 36.1 Å². The average molecular weight is 1190 g/mol. The van der Waals surface area contributed by atoms with Gasteiger partial charge in [0, 0.05) is 50.4 Å². The Morgan fingerprint density at radius 3 is 1.44 bits per heavy atom. The summed E-state index contributed by atoms with van der Waals surface area (Å²) in [6, 6.07) is 45.7. The van der Waals surface area contributed by atoms with E-state index < -0.39 is 3.37 Å². The van der Waals surface area contributed by atoms with Gasteiger partial charge in [-0.15, -0.1) is 11.6 Å². The van der Waals surface area contributed by atoms with Gasteiger partial charge in [-0.25, -0.2) is 0 Å². The summed E-state index contributed by atoms with van der Waals surface area (Å²) in [7, 11) is 0. The minimum atomic E-state index is -3.69. The van der Waals surface area contributed by atoms with Gasteiger partial charge in [0.25, 0.3) is 5.91 Å². The molecule has 14 heteroatoms. The summed E-state index contributed by atoms with van der Waals surface area (Å²) in [5, 5.41) is 2.76. The van der Waals surface area contributed by atoms with Crippen LogP contribution in [0.25, 0.3) is 22.3 Å². The Morgan fingerprint density at radius 2 is 1.00 bits per heavy atom. The summed E-state index contributed by atoms with van der Waals surface area (Å²) in [5.41, 5.74) is 20.1. The van der Waals surface area contributed by atoms with Crippen LogP contribution in [-0.4, -0.2) is 37.3 Å². The zero-order chi connectivity index (χ0) is 50.4. The molecule has 0 aliphatic carbocycles. The molecule has 364 valence electrons. The number of carbonyl (C=O) groups is 1. The minimum absolute atomic E-state index is 0.0894. The Labute approximate surface area is 450 Å². The van der Waals surface area contributed by atoms with Crippen molar-refractivity contribution in [3.63, 3.8) is 0 Å². The predicted octanol–water partition coefficient (Wildman–Crippen LogP) is 19.5. The number of benzene rings is 6. The predicted molar refractivity (Wildman–Crippen MR) is 311 cm³/mol. The van der Waals surface area contributed by atoms with E-state index in [9.17, 15) is 4.79 Å². The van der Waals surface area contributed by atoms with Gasteiger partial charge in [-0.1, -0.05) is 178 Å². The molecule has 7 rings (SSSR count). The number of rotatable bonds is 11. The van der Waals surface area contributed by atoms with Crippen LogP contribution in [-0.2, 0) is 0 Å². The maximum atomic E-state index is 11.8. The van der Waals surface area contributed by atoms with Crippen LogP contribution in [0.3, 0.4) is 0 Å². The van der Waals surface area contributed by atoms with Crippen LogP contribution in [0.2, 0.25) is 0 Å². The molecular weight excluding hydrogens is 1120 g/mol. The number of nitrogens with one attached hydrogen (secondary N) is 1. The van der Waals surface area contributed by atoms with Crippen molar-refractivity contribution in [1.29, 1.82) is 0 Å². The maximum Gasteiger partial charge on any atom is 0.251 e. The first-order chi connectivity index (χ1) is 31.9. The summed E-state index contributed by atoms with van der Waals surface area (Å²) in [5.74, 6) is 3.24. The number of nitrogen functional groups attached to an aromatic ring is 1. The van der Waals surface area contributed by atoms with E-state index in [1.165, 1.54) is 44.6 Å². The Hall–Kier alpha value is -2.81. The number of nitrogens with two attached hydrogens (primary N) is 1. The Balaban J connectivity index is 0.000000226. The van der Waals surface area contributed by atoms with Crippen molar-refractivity contribution in [2.24, 2.45) is 4.99 Å². The SMILES string of the molecule is CC(C)c1cc(Br)cc(C(C)C)c1N.CC(C)c1cc(Br)cc(C(C)C)c1N1CCN=C1c1cccc(-c2ccccc2)c1.ClP(Cl)(Cl)(Cl)Cl.O=C(NCCCl)c1cccc(-c2ccccc2)c1. The fourth-order valence-corrected chi connectivity index (χ4v) is 8.65. The van der Waals surface area contributed by atoms with Crippen molar-refractivity contribution < 1.29 is 4.79 Å². The van der Waals surface area contributed by atoms with E-state index in [0.717, 1.165) is 44.7 Å². The standard InChI is InChI=1S/C27H29BrN2.C15H14ClNO.C12H18BrN.Cl5P/c1-18(2)24-16-23(28)17-25(19(3)4)26(24)30-14-13-29-27(30)22-12-8-11-21(15-22)20-9-6-5-7-10-20;16-9-10-17-15(18)14-8-4-7-13(11-14)12-5-2-1-3-6-12;1-7(2)10-5-9(13)6-11(8(3)4)12(10)14;1-6(2,3,4)5/h5-12,15-19H,13-14H2,1-4H3;1-8,11H,9-10H2,(H,17,18);5-8H,14H2,1-4H3;. The second-order valence-corrected chi connectivity index (χ2v) is 36.2. The molecule has 0 atom stereocenters. The molecule has 1 aliphatic rings. The summed E-state index contributed by atoms with van der Waals surface area (Å²) in [6.45, 7) is 20.0. The Kier molecular flexibility index (Phi) is 22.6. The number of amidine groups is 1. The van der Waals surface area contributed by atoms with Crippen molar-refractivity contribution in [3.05, 3.63) is 176 Å². The van der Waals surface area contributed by atoms with E-state index >= 15 is 0 Å². The molecule has 0 radical (unpaired) electrons. The molecule has 68 heavy (non-hydrogen) atoms. The molecule has 0 bridgehead atoms. The summed E-state index contributed by atoms with van der Waals surface area (Å²) < 4.78 is -1.41.